The first-order valence-corrected chi connectivity index (χ1v) is 7.55. The first-order valence-electron chi connectivity index (χ1n) is 6.74. The largest absolute Gasteiger partial charge is 0.423 e. The molecular weight excluding hydrogens is 314 g/mol. The summed E-state index contributed by atoms with van der Waals surface area (Å²) in [6.07, 6.45) is 1.60. The Morgan fingerprint density at radius 2 is 1.70 bits per heavy atom. The van der Waals surface area contributed by atoms with Crippen LogP contribution in [0.15, 0.2) is 59.5 Å². The predicted octanol–water partition coefficient (Wildman–Crippen LogP) is 3.23. The van der Waals surface area contributed by atoms with E-state index in [2.05, 4.69) is 5.32 Å². The van der Waals surface area contributed by atoms with Gasteiger partial charge in [-0.2, -0.15) is 0 Å². The molecule has 0 bridgehead atoms. The maximum Gasteiger partial charge on any atom is 0.343 e. The Hall–Kier alpha value is -2.86. The summed E-state index contributed by atoms with van der Waals surface area (Å²) in [5.41, 5.74) is 1.20. The van der Waals surface area contributed by atoms with Gasteiger partial charge in [0.2, 0.25) is 0 Å². The van der Waals surface area contributed by atoms with E-state index in [9.17, 15) is 14.4 Å². The Kier molecular flexibility index (Phi) is 4.25. The number of benzene rings is 2. The van der Waals surface area contributed by atoms with Crippen molar-refractivity contribution in [2.24, 2.45) is 0 Å². The van der Waals surface area contributed by atoms with Gasteiger partial charge < -0.3 is 4.74 Å². The van der Waals surface area contributed by atoms with Crippen LogP contribution in [-0.4, -0.2) is 17.1 Å². The van der Waals surface area contributed by atoms with Crippen molar-refractivity contribution in [2.75, 3.05) is 0 Å². The molecule has 0 aromatic heterocycles. The molecule has 5 nitrogen and oxygen atoms in total. The van der Waals surface area contributed by atoms with Crippen LogP contribution < -0.4 is 10.1 Å². The molecule has 0 unspecified atom stereocenters. The monoisotopic (exact) mass is 325 g/mol. The summed E-state index contributed by atoms with van der Waals surface area (Å²) in [5, 5.41) is 1.81. The summed E-state index contributed by atoms with van der Waals surface area (Å²) in [5.74, 6) is -0.437. The molecule has 2 aromatic rings. The zero-order chi connectivity index (χ0) is 16.2. The van der Waals surface area contributed by atoms with Gasteiger partial charge in [0.25, 0.3) is 11.1 Å². The van der Waals surface area contributed by atoms with E-state index < -0.39 is 11.9 Å². The number of thioether (sulfide) groups is 1. The second-order valence-electron chi connectivity index (χ2n) is 4.68. The van der Waals surface area contributed by atoms with Crippen LogP contribution in [0.1, 0.15) is 15.9 Å². The molecule has 1 N–H and O–H groups in total. The Morgan fingerprint density at radius 3 is 2.30 bits per heavy atom. The molecule has 1 heterocycles. The quantitative estimate of drug-likeness (QED) is 0.533. The lowest BCUT2D eigenvalue weighted by molar-refractivity contribution is -0.115. The number of ether oxygens (including phenoxy) is 1. The lowest BCUT2D eigenvalue weighted by atomic mass is 10.2. The molecule has 3 rings (SSSR count). The van der Waals surface area contributed by atoms with Crippen LogP contribution in [0, 0.1) is 0 Å². The van der Waals surface area contributed by atoms with Crippen molar-refractivity contribution in [3.05, 3.63) is 70.6 Å². The molecular formula is C17H11NO4S. The fourth-order valence-corrected chi connectivity index (χ4v) is 2.63. The van der Waals surface area contributed by atoms with Gasteiger partial charge in [0.1, 0.15) is 5.75 Å². The van der Waals surface area contributed by atoms with Gasteiger partial charge in [-0.3, -0.25) is 14.9 Å². The number of esters is 1. The molecule has 1 fully saturated rings. The Labute approximate surface area is 136 Å². The van der Waals surface area contributed by atoms with Crippen LogP contribution in [0.25, 0.3) is 6.08 Å². The van der Waals surface area contributed by atoms with E-state index in [1.807, 2.05) is 6.07 Å². The lowest BCUT2D eigenvalue weighted by Gasteiger charge is -2.04. The highest BCUT2D eigenvalue weighted by Gasteiger charge is 2.24. The fraction of sp³-hybridized carbons (Fsp3) is 0. The van der Waals surface area contributed by atoms with Crippen LogP contribution in [0.3, 0.4) is 0 Å². The number of carbonyl (C=O) groups is 3. The highest BCUT2D eigenvalue weighted by atomic mass is 32.2. The molecule has 114 valence electrons. The molecule has 23 heavy (non-hydrogen) atoms. The zero-order valence-electron chi connectivity index (χ0n) is 11.8. The summed E-state index contributed by atoms with van der Waals surface area (Å²) in [7, 11) is 0. The predicted molar refractivity (Wildman–Crippen MR) is 86.9 cm³/mol. The molecule has 1 aliphatic rings. The van der Waals surface area contributed by atoms with Crippen LogP contribution in [0.5, 0.6) is 5.75 Å². The molecule has 0 aliphatic carbocycles. The second kappa shape index (κ2) is 6.50. The number of hydrogen-bond donors (Lipinski definition) is 1. The SMILES string of the molecule is O=C1NC(=O)/C(=C\c2ccc(OC(=O)c3ccccc3)cc2)S1. The maximum atomic E-state index is 11.9. The summed E-state index contributed by atoms with van der Waals surface area (Å²) < 4.78 is 5.27. The van der Waals surface area contributed by atoms with Crippen LogP contribution in [-0.2, 0) is 4.79 Å². The Morgan fingerprint density at radius 1 is 1.00 bits per heavy atom. The number of imide groups is 1. The van der Waals surface area contributed by atoms with Gasteiger partial charge in [-0.25, -0.2) is 4.79 Å². The first kappa shape index (κ1) is 15.1. The summed E-state index contributed by atoms with van der Waals surface area (Å²) in [6.45, 7) is 0. The van der Waals surface area contributed by atoms with Gasteiger partial charge in [-0.1, -0.05) is 30.3 Å². The van der Waals surface area contributed by atoms with E-state index in [0.717, 1.165) is 17.3 Å². The number of carbonyl (C=O) groups excluding carboxylic acids is 3. The number of nitrogens with one attached hydrogen (secondary N) is 1. The van der Waals surface area contributed by atoms with Gasteiger partial charge in [-0.05, 0) is 47.7 Å². The van der Waals surface area contributed by atoms with Gasteiger partial charge in [0, 0.05) is 0 Å². The summed E-state index contributed by atoms with van der Waals surface area (Å²) >= 11 is 0.857. The third kappa shape index (κ3) is 3.67. The third-order valence-electron chi connectivity index (χ3n) is 3.04. The van der Waals surface area contributed by atoms with E-state index in [0.29, 0.717) is 16.2 Å². The molecule has 6 heteroatoms. The Bertz CT molecular complexity index is 797. The number of hydrogen-bond acceptors (Lipinski definition) is 5. The van der Waals surface area contributed by atoms with E-state index in [1.165, 1.54) is 0 Å². The van der Waals surface area contributed by atoms with E-state index in [-0.39, 0.29) is 5.24 Å². The van der Waals surface area contributed by atoms with Crippen molar-refractivity contribution < 1.29 is 19.1 Å². The van der Waals surface area contributed by atoms with Crippen molar-refractivity contribution in [2.45, 2.75) is 0 Å². The highest BCUT2D eigenvalue weighted by molar-refractivity contribution is 8.18. The van der Waals surface area contributed by atoms with Gasteiger partial charge >= 0.3 is 5.97 Å². The van der Waals surface area contributed by atoms with Gasteiger partial charge in [-0.15, -0.1) is 0 Å². The molecule has 1 aliphatic heterocycles. The molecule has 2 amide bonds. The van der Waals surface area contributed by atoms with Crippen molar-refractivity contribution in [1.29, 1.82) is 0 Å². The van der Waals surface area contributed by atoms with Gasteiger partial charge in [0.05, 0.1) is 10.5 Å². The topological polar surface area (TPSA) is 72.5 Å². The van der Waals surface area contributed by atoms with Crippen molar-refractivity contribution in [3.63, 3.8) is 0 Å². The number of amides is 2. The van der Waals surface area contributed by atoms with Crippen molar-refractivity contribution in [3.8, 4) is 5.75 Å². The minimum atomic E-state index is -0.437. The fourth-order valence-electron chi connectivity index (χ4n) is 1.94. The summed E-state index contributed by atoms with van der Waals surface area (Å²) in [6, 6.07) is 15.4. The molecule has 0 atom stereocenters. The first-order chi connectivity index (χ1) is 11.1. The number of rotatable bonds is 3. The average Bonchev–Trinajstić information content (AvgIpc) is 2.87. The molecule has 0 saturated carbocycles. The van der Waals surface area contributed by atoms with Crippen LogP contribution in [0.2, 0.25) is 0 Å². The van der Waals surface area contributed by atoms with E-state index >= 15 is 0 Å². The average molecular weight is 325 g/mol. The lowest BCUT2D eigenvalue weighted by Crippen LogP contribution is -2.17. The maximum absolute atomic E-state index is 11.9. The molecule has 2 aromatic carbocycles. The zero-order valence-corrected chi connectivity index (χ0v) is 12.6. The van der Waals surface area contributed by atoms with Crippen molar-refractivity contribution >= 4 is 35.0 Å². The van der Waals surface area contributed by atoms with Crippen LogP contribution >= 0.6 is 11.8 Å². The molecule has 1 saturated heterocycles. The summed E-state index contributed by atoms with van der Waals surface area (Å²) in [4.78, 5) is 34.8. The van der Waals surface area contributed by atoms with E-state index in [1.54, 1.807) is 54.6 Å². The smallest absolute Gasteiger partial charge is 0.343 e. The highest BCUT2D eigenvalue weighted by Crippen LogP contribution is 2.26. The minimum absolute atomic E-state index is 0.337. The Balaban J connectivity index is 1.70. The van der Waals surface area contributed by atoms with Gasteiger partial charge in [0.15, 0.2) is 0 Å². The van der Waals surface area contributed by atoms with Crippen molar-refractivity contribution in [1.82, 2.24) is 5.32 Å². The third-order valence-corrected chi connectivity index (χ3v) is 3.85. The van der Waals surface area contributed by atoms with E-state index in [4.69, 9.17) is 4.74 Å². The standard InChI is InChI=1S/C17H11NO4S/c19-15-14(23-17(21)18-15)10-11-6-8-13(9-7-11)22-16(20)12-4-2-1-3-5-12/h1-10H,(H,18,19,21)/b14-10+. The molecule has 0 radical (unpaired) electrons. The minimum Gasteiger partial charge on any atom is -0.423 e. The second-order valence-corrected chi connectivity index (χ2v) is 5.69. The molecule has 0 spiro atoms. The van der Waals surface area contributed by atoms with Crippen LogP contribution in [0.4, 0.5) is 4.79 Å². The normalized spacial score (nSPS) is 15.6.